The van der Waals surface area contributed by atoms with E-state index in [1.54, 1.807) is 6.07 Å². The molecular formula is C23H24N4O3. The van der Waals surface area contributed by atoms with Crippen molar-refractivity contribution < 1.29 is 8.83 Å². The maximum atomic E-state index is 12.6. The fourth-order valence-electron chi connectivity index (χ4n) is 3.39. The molecule has 4 aromatic rings. The number of rotatable bonds is 6. The summed E-state index contributed by atoms with van der Waals surface area (Å²) in [6, 6.07) is 15.3. The fourth-order valence-corrected chi connectivity index (χ4v) is 3.39. The van der Waals surface area contributed by atoms with Crippen molar-refractivity contribution in [2.24, 2.45) is 0 Å². The minimum atomic E-state index is -0.502. The summed E-state index contributed by atoms with van der Waals surface area (Å²) in [5.41, 5.74) is 3.15. The Morgan fingerprint density at radius 3 is 2.17 bits per heavy atom. The van der Waals surface area contributed by atoms with Crippen LogP contribution in [0.3, 0.4) is 0 Å². The molecule has 0 N–H and O–H groups in total. The Labute approximate surface area is 174 Å². The van der Waals surface area contributed by atoms with E-state index in [4.69, 9.17) is 8.83 Å². The Kier molecular flexibility index (Phi) is 5.27. The molecule has 154 valence electrons. The van der Waals surface area contributed by atoms with E-state index < -0.39 is 5.63 Å². The van der Waals surface area contributed by atoms with Gasteiger partial charge in [-0.1, -0.05) is 0 Å². The summed E-state index contributed by atoms with van der Waals surface area (Å²) in [6.45, 7) is 5.94. The molecule has 0 aliphatic rings. The van der Waals surface area contributed by atoms with E-state index in [2.05, 4.69) is 28.9 Å². The van der Waals surface area contributed by atoms with Crippen LogP contribution in [0.4, 0.5) is 11.4 Å². The van der Waals surface area contributed by atoms with Gasteiger partial charge in [-0.3, -0.25) is 0 Å². The summed E-state index contributed by atoms with van der Waals surface area (Å²) < 4.78 is 11.3. The third-order valence-corrected chi connectivity index (χ3v) is 5.13. The van der Waals surface area contributed by atoms with Gasteiger partial charge in [0, 0.05) is 55.6 Å². The number of benzene rings is 2. The molecule has 0 bridgehead atoms. The van der Waals surface area contributed by atoms with Crippen LogP contribution in [0.15, 0.2) is 62.2 Å². The number of hydrogen-bond donors (Lipinski definition) is 0. The molecule has 0 unspecified atom stereocenters. The highest BCUT2D eigenvalue weighted by Crippen LogP contribution is 2.27. The maximum absolute atomic E-state index is 12.6. The van der Waals surface area contributed by atoms with Gasteiger partial charge in [-0.25, -0.2) is 4.79 Å². The van der Waals surface area contributed by atoms with Crippen molar-refractivity contribution >= 4 is 22.3 Å². The van der Waals surface area contributed by atoms with E-state index in [0.717, 1.165) is 35.4 Å². The summed E-state index contributed by atoms with van der Waals surface area (Å²) in [5, 5.41) is 8.97. The van der Waals surface area contributed by atoms with Crippen molar-refractivity contribution in [2.45, 2.75) is 13.8 Å². The summed E-state index contributed by atoms with van der Waals surface area (Å²) in [4.78, 5) is 16.8. The number of hydrogen-bond acceptors (Lipinski definition) is 7. The minimum absolute atomic E-state index is 0.144. The highest BCUT2D eigenvalue weighted by atomic mass is 16.4. The predicted octanol–water partition coefficient (Wildman–Crippen LogP) is 4.42. The van der Waals surface area contributed by atoms with Crippen LogP contribution in [-0.2, 0) is 0 Å². The summed E-state index contributed by atoms with van der Waals surface area (Å²) in [5.74, 6) is 0.497. The first-order chi connectivity index (χ1) is 14.5. The van der Waals surface area contributed by atoms with Gasteiger partial charge in [0.2, 0.25) is 5.89 Å². The fraction of sp³-hybridized carbons (Fsp3) is 0.261. The normalized spacial score (nSPS) is 11.1. The van der Waals surface area contributed by atoms with Crippen LogP contribution in [0.5, 0.6) is 0 Å². The van der Waals surface area contributed by atoms with Crippen molar-refractivity contribution in [1.29, 1.82) is 0 Å². The Bertz CT molecular complexity index is 1220. The highest BCUT2D eigenvalue weighted by Gasteiger charge is 2.16. The minimum Gasteiger partial charge on any atom is -0.422 e. The molecule has 7 heteroatoms. The third-order valence-electron chi connectivity index (χ3n) is 5.13. The second kappa shape index (κ2) is 8.02. The zero-order chi connectivity index (χ0) is 21.3. The zero-order valence-corrected chi connectivity index (χ0v) is 17.5. The largest absolute Gasteiger partial charge is 0.422 e. The highest BCUT2D eigenvalue weighted by molar-refractivity contribution is 5.83. The van der Waals surface area contributed by atoms with E-state index in [9.17, 15) is 4.79 Å². The van der Waals surface area contributed by atoms with Gasteiger partial charge in [-0.2, -0.15) is 0 Å². The van der Waals surface area contributed by atoms with Crippen LogP contribution in [0.2, 0.25) is 0 Å². The number of fused-ring (bicyclic) bond motifs is 1. The molecule has 7 nitrogen and oxygen atoms in total. The summed E-state index contributed by atoms with van der Waals surface area (Å²) in [6.07, 6.45) is 0. The van der Waals surface area contributed by atoms with Crippen LogP contribution in [0.25, 0.3) is 33.9 Å². The monoisotopic (exact) mass is 404 g/mol. The zero-order valence-electron chi connectivity index (χ0n) is 17.5. The van der Waals surface area contributed by atoms with Crippen molar-refractivity contribution in [3.05, 3.63) is 59.0 Å². The van der Waals surface area contributed by atoms with Crippen molar-refractivity contribution in [2.75, 3.05) is 37.0 Å². The van der Waals surface area contributed by atoms with Gasteiger partial charge in [-0.05, 0) is 56.3 Å². The van der Waals surface area contributed by atoms with E-state index in [0.29, 0.717) is 11.5 Å². The SMILES string of the molecule is CCN(CC)c1ccc2cc(-c3nnc(-c4ccc(N(C)C)cc4)o3)c(=O)oc2c1. The van der Waals surface area contributed by atoms with Crippen molar-refractivity contribution in [3.63, 3.8) is 0 Å². The molecule has 4 rings (SSSR count). The Hall–Kier alpha value is -3.61. The molecule has 2 aromatic heterocycles. The first-order valence-corrected chi connectivity index (χ1v) is 9.94. The van der Waals surface area contributed by atoms with Crippen molar-refractivity contribution in [3.8, 4) is 22.9 Å². The molecule has 0 fully saturated rings. The molecule has 0 aliphatic heterocycles. The average Bonchev–Trinajstić information content (AvgIpc) is 3.24. The molecule has 0 saturated carbocycles. The van der Waals surface area contributed by atoms with Crippen LogP contribution in [0, 0.1) is 0 Å². The Balaban J connectivity index is 1.69. The second-order valence-corrected chi connectivity index (χ2v) is 7.20. The second-order valence-electron chi connectivity index (χ2n) is 7.20. The van der Waals surface area contributed by atoms with Gasteiger partial charge in [0.15, 0.2) is 0 Å². The quantitative estimate of drug-likeness (QED) is 0.440. The smallest absolute Gasteiger partial charge is 0.349 e. The lowest BCUT2D eigenvalue weighted by Crippen LogP contribution is -2.21. The first-order valence-electron chi connectivity index (χ1n) is 9.94. The van der Waals surface area contributed by atoms with Crippen molar-refractivity contribution in [1.82, 2.24) is 10.2 Å². The molecule has 2 heterocycles. The molecule has 2 aromatic carbocycles. The number of nitrogens with zero attached hydrogens (tertiary/aromatic N) is 4. The van der Waals surface area contributed by atoms with E-state index in [-0.39, 0.29) is 11.5 Å². The van der Waals surface area contributed by atoms with E-state index >= 15 is 0 Å². The van der Waals surface area contributed by atoms with Crippen LogP contribution < -0.4 is 15.4 Å². The topological polar surface area (TPSA) is 75.6 Å². The van der Waals surface area contributed by atoms with Crippen LogP contribution in [0.1, 0.15) is 13.8 Å². The molecule has 0 aliphatic carbocycles. The lowest BCUT2D eigenvalue weighted by molar-refractivity contribution is 0.547. The first kappa shape index (κ1) is 19.7. The number of anilines is 2. The van der Waals surface area contributed by atoms with Gasteiger partial charge < -0.3 is 18.6 Å². The lowest BCUT2D eigenvalue weighted by atomic mass is 10.1. The molecule has 0 radical (unpaired) electrons. The third kappa shape index (κ3) is 3.66. The molecule has 0 spiro atoms. The molecular weight excluding hydrogens is 380 g/mol. The van der Waals surface area contributed by atoms with Gasteiger partial charge >= 0.3 is 5.63 Å². The van der Waals surface area contributed by atoms with Crippen LogP contribution >= 0.6 is 0 Å². The molecule has 0 atom stereocenters. The molecule has 0 saturated heterocycles. The lowest BCUT2D eigenvalue weighted by Gasteiger charge is -2.20. The van der Waals surface area contributed by atoms with E-state index in [1.807, 2.05) is 61.5 Å². The summed E-state index contributed by atoms with van der Waals surface area (Å²) >= 11 is 0. The summed E-state index contributed by atoms with van der Waals surface area (Å²) in [7, 11) is 3.95. The van der Waals surface area contributed by atoms with E-state index in [1.165, 1.54) is 0 Å². The van der Waals surface area contributed by atoms with Gasteiger partial charge in [0.1, 0.15) is 11.1 Å². The average molecular weight is 404 g/mol. The van der Waals surface area contributed by atoms with Crippen LogP contribution in [-0.4, -0.2) is 37.4 Å². The van der Waals surface area contributed by atoms with Gasteiger partial charge in [0.25, 0.3) is 5.89 Å². The predicted molar refractivity (Wildman–Crippen MR) is 119 cm³/mol. The molecule has 0 amide bonds. The number of aromatic nitrogens is 2. The Morgan fingerprint density at radius 2 is 1.50 bits per heavy atom. The molecule has 30 heavy (non-hydrogen) atoms. The standard InChI is InChI=1S/C23H24N4O3/c1-5-27(6-2)18-12-9-16-13-19(23(28)29-20(16)14-18)22-25-24-21(30-22)15-7-10-17(11-8-15)26(3)4/h7-14H,5-6H2,1-4H3. The van der Waals surface area contributed by atoms with Gasteiger partial charge in [-0.15, -0.1) is 10.2 Å². The maximum Gasteiger partial charge on any atom is 0.349 e. The van der Waals surface area contributed by atoms with Gasteiger partial charge in [0.05, 0.1) is 0 Å². The Morgan fingerprint density at radius 1 is 0.833 bits per heavy atom.